The standard InChI is InChI=1S/C28H33ClN2O6/c1-16(2)14-18(15-32)31-23-25(34)30(22-17(3)8-5-9-19(22)29)12-6-11-28(23)20(24(31)33)21-26(35)36-13-7-10-27(21,4)37-28/h5-11,16,18,20-21,23,32H,12-15H2,1-4H3/t18-,20+,21+,23?,27-,28+/m1/s1. The lowest BCUT2D eigenvalue weighted by Gasteiger charge is -2.40. The Balaban J connectivity index is 1.70. The minimum atomic E-state index is -1.41. The molecule has 1 spiro atoms. The molecule has 6 atom stereocenters. The summed E-state index contributed by atoms with van der Waals surface area (Å²) < 4.78 is 12.1. The molecular weight excluding hydrogens is 496 g/mol. The molecule has 1 aromatic rings. The van der Waals surface area contributed by atoms with Crippen molar-refractivity contribution in [3.8, 4) is 0 Å². The van der Waals surface area contributed by atoms with E-state index in [1.807, 2.05) is 39.0 Å². The maximum Gasteiger partial charge on any atom is 0.313 e. The van der Waals surface area contributed by atoms with Gasteiger partial charge >= 0.3 is 5.97 Å². The van der Waals surface area contributed by atoms with E-state index in [0.717, 1.165) is 5.56 Å². The molecule has 1 aromatic carbocycles. The second kappa shape index (κ2) is 9.26. The topological polar surface area (TPSA) is 96.4 Å². The van der Waals surface area contributed by atoms with Crippen molar-refractivity contribution in [1.82, 2.24) is 4.90 Å². The normalized spacial score (nSPS) is 33.7. The quantitative estimate of drug-likeness (QED) is 0.466. The molecule has 4 aliphatic rings. The number of carbonyl (C=O) groups excluding carboxylic acids is 3. The number of hydrogen-bond donors (Lipinski definition) is 1. The molecule has 5 rings (SSSR count). The number of hydrogen-bond acceptors (Lipinski definition) is 6. The fourth-order valence-corrected chi connectivity index (χ4v) is 7.00. The molecule has 2 saturated heterocycles. The highest BCUT2D eigenvalue weighted by molar-refractivity contribution is 6.34. The van der Waals surface area contributed by atoms with Gasteiger partial charge in [-0.25, -0.2) is 0 Å². The fraction of sp³-hybridized carbons (Fsp3) is 0.536. The lowest BCUT2D eigenvalue weighted by Crippen LogP contribution is -2.59. The van der Waals surface area contributed by atoms with Crippen LogP contribution in [0, 0.1) is 24.7 Å². The maximum atomic E-state index is 14.5. The van der Waals surface area contributed by atoms with Gasteiger partial charge in [-0.3, -0.25) is 14.4 Å². The van der Waals surface area contributed by atoms with E-state index in [-0.39, 0.29) is 37.5 Å². The minimum absolute atomic E-state index is 0.0935. The number of halogens is 1. The Bertz CT molecular complexity index is 1180. The second-order valence-corrected chi connectivity index (χ2v) is 11.4. The zero-order valence-electron chi connectivity index (χ0n) is 21.5. The summed E-state index contributed by atoms with van der Waals surface area (Å²) in [5, 5.41) is 10.8. The van der Waals surface area contributed by atoms with Gasteiger partial charge in [0.25, 0.3) is 5.91 Å². The van der Waals surface area contributed by atoms with E-state index in [0.29, 0.717) is 17.1 Å². The van der Waals surface area contributed by atoms with Crippen molar-refractivity contribution in [1.29, 1.82) is 0 Å². The molecule has 2 fully saturated rings. The summed E-state index contributed by atoms with van der Waals surface area (Å²) in [5.74, 6) is -3.05. The third kappa shape index (κ3) is 3.83. The van der Waals surface area contributed by atoms with E-state index < -0.39 is 41.1 Å². The number of aliphatic hydroxyl groups excluding tert-OH is 1. The summed E-state index contributed by atoms with van der Waals surface area (Å²) in [6.45, 7) is 7.62. The van der Waals surface area contributed by atoms with E-state index in [4.69, 9.17) is 21.1 Å². The van der Waals surface area contributed by atoms with Crippen molar-refractivity contribution >= 4 is 35.1 Å². The van der Waals surface area contributed by atoms with Crippen LogP contribution < -0.4 is 4.90 Å². The molecule has 37 heavy (non-hydrogen) atoms. The molecule has 1 unspecified atom stereocenters. The summed E-state index contributed by atoms with van der Waals surface area (Å²) in [5.41, 5.74) is -1.17. The van der Waals surface area contributed by atoms with Crippen LogP contribution in [0.2, 0.25) is 5.02 Å². The van der Waals surface area contributed by atoms with Gasteiger partial charge in [0.1, 0.15) is 24.2 Å². The summed E-state index contributed by atoms with van der Waals surface area (Å²) in [6, 6.07) is 3.69. The predicted octanol–water partition coefficient (Wildman–Crippen LogP) is 3.04. The molecule has 0 aliphatic carbocycles. The number of amides is 2. The highest BCUT2D eigenvalue weighted by atomic mass is 35.5. The van der Waals surface area contributed by atoms with Gasteiger partial charge < -0.3 is 24.4 Å². The number of esters is 1. The lowest BCUT2D eigenvalue weighted by atomic mass is 9.75. The monoisotopic (exact) mass is 528 g/mol. The van der Waals surface area contributed by atoms with Gasteiger partial charge in [-0.15, -0.1) is 0 Å². The minimum Gasteiger partial charge on any atom is -0.461 e. The smallest absolute Gasteiger partial charge is 0.313 e. The number of cyclic esters (lactones) is 1. The molecule has 2 amide bonds. The van der Waals surface area contributed by atoms with Gasteiger partial charge in [0.05, 0.1) is 34.9 Å². The number of ether oxygens (including phenoxy) is 2. The molecule has 0 bridgehead atoms. The highest BCUT2D eigenvalue weighted by Gasteiger charge is 2.75. The zero-order valence-corrected chi connectivity index (χ0v) is 22.3. The van der Waals surface area contributed by atoms with Crippen LogP contribution in [0.5, 0.6) is 0 Å². The highest BCUT2D eigenvalue weighted by Crippen LogP contribution is 2.58. The van der Waals surface area contributed by atoms with E-state index in [1.165, 1.54) is 4.90 Å². The number of anilines is 1. The molecule has 4 aliphatic heterocycles. The predicted molar refractivity (Wildman–Crippen MR) is 138 cm³/mol. The molecular formula is C28H33ClN2O6. The van der Waals surface area contributed by atoms with Crippen LogP contribution in [0.4, 0.5) is 5.69 Å². The number of benzene rings is 1. The first-order valence-electron chi connectivity index (χ1n) is 12.8. The molecule has 1 N–H and O–H groups in total. The van der Waals surface area contributed by atoms with Gasteiger partial charge in [-0.05, 0) is 43.9 Å². The van der Waals surface area contributed by atoms with Crippen LogP contribution in [0.3, 0.4) is 0 Å². The number of aliphatic hydroxyl groups is 1. The molecule has 8 nitrogen and oxygen atoms in total. The summed E-state index contributed by atoms with van der Waals surface area (Å²) in [4.78, 5) is 45.1. The number of para-hydroxylation sites is 1. The molecule has 4 heterocycles. The number of nitrogens with zero attached hydrogens (tertiary/aromatic N) is 2. The van der Waals surface area contributed by atoms with E-state index >= 15 is 0 Å². The first kappa shape index (κ1) is 25.9. The van der Waals surface area contributed by atoms with E-state index in [2.05, 4.69) is 0 Å². The summed E-state index contributed by atoms with van der Waals surface area (Å²) >= 11 is 6.58. The Hall–Kier alpha value is -2.68. The van der Waals surface area contributed by atoms with Crippen molar-refractivity contribution in [2.45, 2.75) is 57.4 Å². The van der Waals surface area contributed by atoms with Crippen molar-refractivity contribution in [3.63, 3.8) is 0 Å². The van der Waals surface area contributed by atoms with Crippen LogP contribution in [-0.4, -0.2) is 70.8 Å². The Morgan fingerprint density at radius 1 is 1.14 bits per heavy atom. The van der Waals surface area contributed by atoms with Gasteiger partial charge in [0.2, 0.25) is 5.91 Å². The maximum absolute atomic E-state index is 14.5. The Morgan fingerprint density at radius 3 is 2.57 bits per heavy atom. The van der Waals surface area contributed by atoms with Crippen LogP contribution in [0.15, 0.2) is 42.5 Å². The first-order valence-corrected chi connectivity index (χ1v) is 13.1. The Kier molecular flexibility index (Phi) is 6.49. The SMILES string of the molecule is Cc1cccc(Cl)c1N1CC=C[C@]23O[C@]4(C)C=CCOC(=O)[C@@H]4[C@H]2C(=O)N([C@@H](CO)CC(C)C)C3C1=O. The van der Waals surface area contributed by atoms with Crippen molar-refractivity contribution in [3.05, 3.63) is 53.1 Å². The van der Waals surface area contributed by atoms with E-state index in [1.54, 1.807) is 36.1 Å². The van der Waals surface area contributed by atoms with Gasteiger partial charge in [-0.2, -0.15) is 0 Å². The molecule has 0 saturated carbocycles. The fourth-order valence-electron chi connectivity index (χ4n) is 6.67. The number of fused-ring (bicyclic) bond motifs is 2. The number of aryl methyl sites for hydroxylation is 1. The van der Waals surface area contributed by atoms with Gasteiger partial charge in [0.15, 0.2) is 0 Å². The Morgan fingerprint density at radius 2 is 1.89 bits per heavy atom. The van der Waals surface area contributed by atoms with Gasteiger partial charge in [0, 0.05) is 6.54 Å². The molecule has 9 heteroatoms. The lowest BCUT2D eigenvalue weighted by molar-refractivity contribution is -0.158. The number of carbonyl (C=O) groups is 3. The van der Waals surface area contributed by atoms with Gasteiger partial charge in [-0.1, -0.05) is 55.8 Å². The second-order valence-electron chi connectivity index (χ2n) is 11.0. The van der Waals surface area contributed by atoms with Crippen LogP contribution in [0.1, 0.15) is 32.8 Å². The number of likely N-dealkylation sites (tertiary alicyclic amines) is 1. The molecule has 0 aromatic heterocycles. The largest absolute Gasteiger partial charge is 0.461 e. The van der Waals surface area contributed by atoms with Crippen LogP contribution >= 0.6 is 11.6 Å². The van der Waals surface area contributed by atoms with Crippen molar-refractivity contribution in [2.75, 3.05) is 24.7 Å². The average Bonchev–Trinajstić information content (AvgIpc) is 3.10. The molecule has 198 valence electrons. The van der Waals surface area contributed by atoms with Crippen molar-refractivity contribution < 1.29 is 29.0 Å². The molecule has 0 radical (unpaired) electrons. The first-order chi connectivity index (χ1) is 17.6. The average molecular weight is 529 g/mol. The summed E-state index contributed by atoms with van der Waals surface area (Å²) in [6.07, 6.45) is 7.54. The third-order valence-corrected chi connectivity index (χ3v) is 8.36. The van der Waals surface area contributed by atoms with E-state index in [9.17, 15) is 19.5 Å². The van der Waals surface area contributed by atoms with Crippen LogP contribution in [0.25, 0.3) is 0 Å². The number of rotatable bonds is 5. The third-order valence-electron chi connectivity index (χ3n) is 8.06. The van der Waals surface area contributed by atoms with Crippen LogP contribution in [-0.2, 0) is 23.9 Å². The Labute approximate surface area is 221 Å². The summed E-state index contributed by atoms with van der Waals surface area (Å²) in [7, 11) is 0. The zero-order chi connectivity index (χ0) is 26.7. The van der Waals surface area contributed by atoms with Crippen molar-refractivity contribution in [2.24, 2.45) is 17.8 Å².